The molecule has 0 amide bonds. The predicted octanol–water partition coefficient (Wildman–Crippen LogP) is 2.47. The minimum Gasteiger partial charge on any atom is -0.398 e. The summed E-state index contributed by atoms with van der Waals surface area (Å²) in [6, 6.07) is 8.02. The van der Waals surface area contributed by atoms with Crippen molar-refractivity contribution in [1.82, 2.24) is 20.1 Å². The lowest BCUT2D eigenvalue weighted by molar-refractivity contribution is 0.648. The van der Waals surface area contributed by atoms with Gasteiger partial charge in [-0.2, -0.15) is 5.10 Å². The topological polar surface area (TPSA) is 101 Å². The van der Waals surface area contributed by atoms with Crippen molar-refractivity contribution in [2.45, 2.75) is 6.92 Å². The lowest BCUT2D eigenvalue weighted by Crippen LogP contribution is -2.41. The number of nitrogen functional groups attached to an aromatic ring is 1. The number of nitrogens with zero attached hydrogens (tertiary/aromatic N) is 3. The van der Waals surface area contributed by atoms with E-state index in [4.69, 9.17) is 11.5 Å². The molecule has 1 aliphatic rings. The molecule has 0 radical (unpaired) electrons. The molecule has 3 aromatic rings. The zero-order chi connectivity index (χ0) is 19.7. The molecule has 1 aliphatic heterocycles. The van der Waals surface area contributed by atoms with E-state index in [0.29, 0.717) is 11.5 Å². The van der Waals surface area contributed by atoms with E-state index in [2.05, 4.69) is 26.9 Å². The fourth-order valence-electron chi connectivity index (χ4n) is 3.48. The molecule has 3 heterocycles. The Morgan fingerprint density at radius 3 is 2.93 bits per heavy atom. The van der Waals surface area contributed by atoms with Crippen LogP contribution in [0.3, 0.4) is 0 Å². The predicted molar refractivity (Wildman–Crippen MR) is 115 cm³/mol. The summed E-state index contributed by atoms with van der Waals surface area (Å²) in [6.45, 7) is 8.74. The van der Waals surface area contributed by atoms with Crippen LogP contribution >= 0.6 is 0 Å². The molecule has 1 aromatic carbocycles. The Morgan fingerprint density at radius 2 is 2.14 bits per heavy atom. The SMILES string of the molecule is C=C1CNCCN1c1cnn(-c2c[nH]c(N)c2/C=C(\N)c2ccccc2C)c1. The first kappa shape index (κ1) is 17.9. The van der Waals surface area contributed by atoms with Crippen molar-refractivity contribution in [1.29, 1.82) is 0 Å². The second kappa shape index (κ2) is 7.28. The van der Waals surface area contributed by atoms with Crippen LogP contribution in [0.4, 0.5) is 11.5 Å². The standard InChI is InChI=1S/C21H25N7/c1-14-5-3-4-6-17(14)19(22)9-18-20(12-25-21(18)23)28-13-16(11-26-28)27-8-7-24-10-15(27)2/h3-6,9,11-13,24-25H,2,7-8,10,22-23H2,1H3/b19-9-. The normalized spacial score (nSPS) is 15.2. The molecule has 0 unspecified atom stereocenters. The Kier molecular flexibility index (Phi) is 4.67. The van der Waals surface area contributed by atoms with E-state index < -0.39 is 0 Å². The van der Waals surface area contributed by atoms with Gasteiger partial charge in [0.1, 0.15) is 5.82 Å². The van der Waals surface area contributed by atoms with Gasteiger partial charge < -0.3 is 26.7 Å². The number of H-pyrrole nitrogens is 1. The number of benzene rings is 1. The van der Waals surface area contributed by atoms with Crippen molar-refractivity contribution in [2.24, 2.45) is 5.73 Å². The van der Waals surface area contributed by atoms with E-state index in [-0.39, 0.29) is 0 Å². The maximum absolute atomic E-state index is 6.38. The second-order valence-electron chi connectivity index (χ2n) is 6.95. The summed E-state index contributed by atoms with van der Waals surface area (Å²) in [5.74, 6) is 0.551. The summed E-state index contributed by atoms with van der Waals surface area (Å²) in [4.78, 5) is 5.25. The van der Waals surface area contributed by atoms with Gasteiger partial charge in [0.25, 0.3) is 0 Å². The summed E-state index contributed by atoms with van der Waals surface area (Å²) in [7, 11) is 0. The Balaban J connectivity index is 1.69. The largest absolute Gasteiger partial charge is 0.398 e. The Morgan fingerprint density at radius 1 is 1.32 bits per heavy atom. The number of aromatic amines is 1. The van der Waals surface area contributed by atoms with E-state index in [9.17, 15) is 0 Å². The minimum atomic E-state index is 0.551. The van der Waals surface area contributed by atoms with Crippen LogP contribution in [0.15, 0.2) is 55.1 Å². The number of hydrogen-bond donors (Lipinski definition) is 4. The monoisotopic (exact) mass is 375 g/mol. The number of piperazine rings is 1. The maximum atomic E-state index is 6.38. The third-order valence-corrected chi connectivity index (χ3v) is 5.04. The zero-order valence-corrected chi connectivity index (χ0v) is 15.9. The first-order chi connectivity index (χ1) is 13.5. The third kappa shape index (κ3) is 3.27. The van der Waals surface area contributed by atoms with Gasteiger partial charge in [-0.15, -0.1) is 0 Å². The van der Waals surface area contributed by atoms with Crippen LogP contribution in [0.25, 0.3) is 17.5 Å². The van der Waals surface area contributed by atoms with E-state index in [1.54, 1.807) is 0 Å². The number of nitrogens with two attached hydrogens (primary N) is 2. The molecule has 4 rings (SSSR count). The molecule has 144 valence electrons. The van der Waals surface area contributed by atoms with Gasteiger partial charge >= 0.3 is 0 Å². The number of rotatable bonds is 4. The number of hydrogen-bond acceptors (Lipinski definition) is 5. The minimum absolute atomic E-state index is 0.551. The van der Waals surface area contributed by atoms with Crippen molar-refractivity contribution in [2.75, 3.05) is 30.3 Å². The van der Waals surface area contributed by atoms with Crippen molar-refractivity contribution in [3.05, 3.63) is 71.8 Å². The molecule has 28 heavy (non-hydrogen) atoms. The molecule has 0 aliphatic carbocycles. The van der Waals surface area contributed by atoms with Gasteiger partial charge in [0.2, 0.25) is 0 Å². The summed E-state index contributed by atoms with van der Waals surface area (Å²) in [5.41, 5.74) is 19.0. The fraction of sp³-hybridized carbons (Fsp3) is 0.190. The molecule has 7 heteroatoms. The highest BCUT2D eigenvalue weighted by molar-refractivity contribution is 5.86. The van der Waals surface area contributed by atoms with Gasteiger partial charge in [0.15, 0.2) is 0 Å². The molecule has 0 bridgehead atoms. The smallest absolute Gasteiger partial charge is 0.110 e. The molecule has 7 nitrogen and oxygen atoms in total. The van der Waals surface area contributed by atoms with E-state index in [1.807, 2.05) is 60.5 Å². The maximum Gasteiger partial charge on any atom is 0.110 e. The number of anilines is 2. The summed E-state index contributed by atoms with van der Waals surface area (Å²) in [6.07, 6.45) is 7.57. The first-order valence-corrected chi connectivity index (χ1v) is 9.25. The van der Waals surface area contributed by atoms with Gasteiger partial charge in [0.05, 0.1) is 23.8 Å². The molecule has 6 N–H and O–H groups in total. The lowest BCUT2D eigenvalue weighted by atomic mass is 10.0. The quantitative estimate of drug-likeness (QED) is 0.561. The van der Waals surface area contributed by atoms with Gasteiger partial charge in [-0.05, 0) is 18.6 Å². The van der Waals surface area contributed by atoms with Gasteiger partial charge in [0, 0.05) is 48.4 Å². The van der Waals surface area contributed by atoms with Crippen molar-refractivity contribution in [3.8, 4) is 5.69 Å². The Hall–Kier alpha value is -3.45. The zero-order valence-electron chi connectivity index (χ0n) is 15.9. The van der Waals surface area contributed by atoms with Crippen LogP contribution in [0.2, 0.25) is 0 Å². The van der Waals surface area contributed by atoms with Crippen molar-refractivity contribution < 1.29 is 0 Å². The first-order valence-electron chi connectivity index (χ1n) is 9.25. The number of nitrogens with one attached hydrogen (secondary N) is 2. The highest BCUT2D eigenvalue weighted by atomic mass is 15.3. The van der Waals surface area contributed by atoms with Crippen LogP contribution in [-0.4, -0.2) is 34.4 Å². The molecular weight excluding hydrogens is 350 g/mol. The molecule has 0 spiro atoms. The van der Waals surface area contributed by atoms with Crippen LogP contribution in [0.5, 0.6) is 0 Å². The second-order valence-corrected chi connectivity index (χ2v) is 6.95. The summed E-state index contributed by atoms with van der Waals surface area (Å²) < 4.78 is 1.81. The molecule has 2 aromatic heterocycles. The van der Waals surface area contributed by atoms with Gasteiger partial charge in [-0.25, -0.2) is 4.68 Å². The number of aromatic nitrogens is 3. The van der Waals surface area contributed by atoms with Crippen molar-refractivity contribution in [3.63, 3.8) is 0 Å². The van der Waals surface area contributed by atoms with Crippen LogP contribution in [-0.2, 0) is 0 Å². The average molecular weight is 375 g/mol. The Labute approximate surface area is 164 Å². The summed E-state index contributed by atoms with van der Waals surface area (Å²) >= 11 is 0. The molecule has 1 fully saturated rings. The number of aryl methyl sites for hydroxylation is 1. The fourth-order valence-corrected chi connectivity index (χ4v) is 3.48. The van der Waals surface area contributed by atoms with Crippen molar-refractivity contribution >= 4 is 23.3 Å². The van der Waals surface area contributed by atoms with Crippen LogP contribution < -0.4 is 21.7 Å². The highest BCUT2D eigenvalue weighted by Gasteiger charge is 2.18. The highest BCUT2D eigenvalue weighted by Crippen LogP contribution is 2.27. The van der Waals surface area contributed by atoms with E-state index >= 15 is 0 Å². The Bertz CT molecular complexity index is 1040. The molecule has 0 saturated carbocycles. The third-order valence-electron chi connectivity index (χ3n) is 5.04. The molecule has 0 atom stereocenters. The van der Waals surface area contributed by atoms with Crippen LogP contribution in [0, 0.1) is 6.92 Å². The summed E-state index contributed by atoms with van der Waals surface area (Å²) in [5, 5.41) is 7.85. The molecule has 1 saturated heterocycles. The van der Waals surface area contributed by atoms with Crippen LogP contribution in [0.1, 0.15) is 16.7 Å². The van der Waals surface area contributed by atoms with E-state index in [0.717, 1.165) is 53.4 Å². The van der Waals surface area contributed by atoms with Gasteiger partial charge in [-0.1, -0.05) is 30.8 Å². The van der Waals surface area contributed by atoms with E-state index in [1.165, 1.54) is 0 Å². The lowest BCUT2D eigenvalue weighted by Gasteiger charge is -2.30. The van der Waals surface area contributed by atoms with Gasteiger partial charge in [-0.3, -0.25) is 0 Å². The molecular formula is C21H25N7. The average Bonchev–Trinajstić information content (AvgIpc) is 3.30.